The predicted octanol–water partition coefficient (Wildman–Crippen LogP) is 3.61. The van der Waals surface area contributed by atoms with E-state index in [1.165, 1.54) is 0 Å². The van der Waals surface area contributed by atoms with Crippen molar-refractivity contribution >= 4 is 22.9 Å². The number of anilines is 1. The number of hydrogen-bond acceptors (Lipinski definition) is 5. The molecule has 0 spiro atoms. The molecule has 23 heavy (non-hydrogen) atoms. The first-order valence-corrected chi connectivity index (χ1v) is 8.67. The van der Waals surface area contributed by atoms with Crippen LogP contribution < -0.4 is 4.90 Å². The molecule has 2 aromatic heterocycles. The molecule has 0 aromatic carbocycles. The zero-order valence-electron chi connectivity index (χ0n) is 13.0. The third kappa shape index (κ3) is 1.93. The van der Waals surface area contributed by atoms with E-state index in [1.807, 2.05) is 6.07 Å². The Kier molecular flexibility index (Phi) is 3.20. The van der Waals surface area contributed by atoms with Crippen LogP contribution in [0.4, 0.5) is 5.69 Å². The average molecular weight is 327 g/mol. The Hall–Kier alpha value is -2.26. The second-order valence-electron chi connectivity index (χ2n) is 6.43. The van der Waals surface area contributed by atoms with E-state index >= 15 is 0 Å². The lowest BCUT2D eigenvalue weighted by Gasteiger charge is -2.35. The van der Waals surface area contributed by atoms with Gasteiger partial charge in [-0.2, -0.15) is 5.26 Å². The molecule has 2 aromatic rings. The van der Waals surface area contributed by atoms with Crippen LogP contribution in [0.15, 0.2) is 27.5 Å². The second kappa shape index (κ2) is 5.14. The second-order valence-corrected chi connectivity index (χ2v) is 7.17. The fourth-order valence-electron chi connectivity index (χ4n) is 3.67. The van der Waals surface area contributed by atoms with E-state index in [2.05, 4.69) is 35.6 Å². The lowest BCUT2D eigenvalue weighted by atomic mass is 9.98. The van der Waals surface area contributed by atoms with E-state index in [1.54, 1.807) is 22.5 Å². The van der Waals surface area contributed by atoms with Crippen LogP contribution in [0.1, 0.15) is 32.0 Å². The van der Waals surface area contributed by atoms with E-state index in [0.29, 0.717) is 5.92 Å². The highest BCUT2D eigenvalue weighted by Gasteiger charge is 2.51. The molecule has 6 heteroatoms. The van der Waals surface area contributed by atoms with Gasteiger partial charge < -0.3 is 14.2 Å². The summed E-state index contributed by atoms with van der Waals surface area (Å²) in [5.41, 5.74) is 3.07. The van der Waals surface area contributed by atoms with Crippen molar-refractivity contribution in [1.29, 1.82) is 5.26 Å². The van der Waals surface area contributed by atoms with Crippen LogP contribution in [0.25, 0.3) is 11.3 Å². The molecule has 0 bridgehead atoms. The minimum Gasteiger partial charge on any atom is -0.464 e. The SMILES string of the molecule is CC(C)C[C@H]1C(=O)N(CC#N)C2c3ccoc3-c3cscc3N21. The zero-order chi connectivity index (χ0) is 16.1. The number of hydrogen-bond donors (Lipinski definition) is 0. The molecule has 0 aliphatic carbocycles. The topological polar surface area (TPSA) is 60.5 Å². The molecule has 5 nitrogen and oxygen atoms in total. The first-order valence-electron chi connectivity index (χ1n) is 7.73. The Morgan fingerprint density at radius 1 is 1.43 bits per heavy atom. The van der Waals surface area contributed by atoms with E-state index in [4.69, 9.17) is 4.42 Å². The standard InChI is InChI=1S/C17H17N3O2S/c1-10(2)7-13-17(21)19(5-4-18)16-11-3-6-22-15(11)12-8-23-9-14(12)20(13)16/h3,6,8-10,13,16H,5,7H2,1-2H3/t13-,16?/m0/s1. The van der Waals surface area contributed by atoms with Gasteiger partial charge in [-0.3, -0.25) is 4.79 Å². The highest BCUT2D eigenvalue weighted by molar-refractivity contribution is 7.08. The Morgan fingerprint density at radius 2 is 2.26 bits per heavy atom. The number of rotatable bonds is 3. The molecule has 4 heterocycles. The van der Waals surface area contributed by atoms with Crippen molar-refractivity contribution in [3.05, 3.63) is 28.7 Å². The van der Waals surface area contributed by atoms with Gasteiger partial charge in [0.15, 0.2) is 0 Å². The number of furan rings is 1. The van der Waals surface area contributed by atoms with Gasteiger partial charge in [0.25, 0.3) is 0 Å². The van der Waals surface area contributed by atoms with Crippen LogP contribution in [0.2, 0.25) is 0 Å². The van der Waals surface area contributed by atoms with Crippen LogP contribution in [-0.2, 0) is 4.79 Å². The minimum atomic E-state index is -0.234. The lowest BCUT2D eigenvalue weighted by molar-refractivity contribution is -0.129. The summed E-state index contributed by atoms with van der Waals surface area (Å²) in [6, 6.07) is 3.84. The molecule has 118 valence electrons. The number of nitriles is 1. The number of nitrogens with zero attached hydrogens (tertiary/aromatic N) is 3. The molecule has 2 aliphatic rings. The lowest BCUT2D eigenvalue weighted by Crippen LogP contribution is -2.37. The fourth-order valence-corrected chi connectivity index (χ4v) is 4.48. The van der Waals surface area contributed by atoms with Gasteiger partial charge >= 0.3 is 0 Å². The first kappa shape index (κ1) is 14.3. The van der Waals surface area contributed by atoms with Gasteiger partial charge in [-0.15, -0.1) is 11.3 Å². The van der Waals surface area contributed by atoms with E-state index in [-0.39, 0.29) is 24.7 Å². The van der Waals surface area contributed by atoms with Crippen molar-refractivity contribution in [2.24, 2.45) is 5.92 Å². The van der Waals surface area contributed by atoms with Crippen molar-refractivity contribution in [1.82, 2.24) is 4.90 Å². The minimum absolute atomic E-state index is 0.0384. The number of thiophene rings is 1. The normalized spacial score (nSPS) is 22.1. The highest BCUT2D eigenvalue weighted by atomic mass is 32.1. The van der Waals surface area contributed by atoms with Crippen molar-refractivity contribution in [2.75, 3.05) is 11.4 Å². The Labute approximate surface area is 138 Å². The average Bonchev–Trinajstić information content (AvgIpc) is 3.19. The van der Waals surface area contributed by atoms with E-state index < -0.39 is 0 Å². The molecule has 1 amide bonds. The highest BCUT2D eigenvalue weighted by Crippen LogP contribution is 2.52. The monoisotopic (exact) mass is 327 g/mol. The van der Waals surface area contributed by atoms with Gasteiger partial charge in [-0.05, 0) is 18.4 Å². The molecular weight excluding hydrogens is 310 g/mol. The molecule has 1 saturated heterocycles. The third-order valence-corrected chi connectivity index (χ3v) is 5.27. The van der Waals surface area contributed by atoms with Crippen LogP contribution >= 0.6 is 11.3 Å². The summed E-state index contributed by atoms with van der Waals surface area (Å²) in [6.07, 6.45) is 2.21. The Morgan fingerprint density at radius 3 is 3.00 bits per heavy atom. The molecule has 2 atom stereocenters. The van der Waals surface area contributed by atoms with E-state index in [0.717, 1.165) is 29.0 Å². The number of fused-ring (bicyclic) bond motifs is 6. The predicted molar refractivity (Wildman–Crippen MR) is 87.8 cm³/mol. The van der Waals surface area contributed by atoms with Gasteiger partial charge in [-0.25, -0.2) is 0 Å². The first-order chi connectivity index (χ1) is 11.1. The summed E-state index contributed by atoms with van der Waals surface area (Å²) in [6.45, 7) is 4.34. The van der Waals surface area contributed by atoms with Crippen LogP contribution in [-0.4, -0.2) is 23.4 Å². The maximum absolute atomic E-state index is 13.0. The number of carbonyl (C=O) groups is 1. The summed E-state index contributed by atoms with van der Waals surface area (Å²) in [7, 11) is 0. The molecule has 0 N–H and O–H groups in total. The Balaban J connectivity index is 1.89. The van der Waals surface area contributed by atoms with Crippen LogP contribution in [0.3, 0.4) is 0 Å². The molecule has 4 rings (SSSR count). The van der Waals surface area contributed by atoms with Gasteiger partial charge in [0.1, 0.15) is 24.5 Å². The largest absolute Gasteiger partial charge is 0.464 e. The van der Waals surface area contributed by atoms with Gasteiger partial charge in [-0.1, -0.05) is 13.8 Å². The van der Waals surface area contributed by atoms with Crippen molar-refractivity contribution in [3.63, 3.8) is 0 Å². The Bertz CT molecular complexity index is 801. The third-order valence-electron chi connectivity index (χ3n) is 4.54. The smallest absolute Gasteiger partial charge is 0.248 e. The zero-order valence-corrected chi connectivity index (χ0v) is 13.8. The van der Waals surface area contributed by atoms with Gasteiger partial charge in [0, 0.05) is 16.3 Å². The van der Waals surface area contributed by atoms with Gasteiger partial charge in [0.2, 0.25) is 5.91 Å². The van der Waals surface area contributed by atoms with Crippen molar-refractivity contribution in [3.8, 4) is 17.4 Å². The molecule has 2 aliphatic heterocycles. The molecule has 1 unspecified atom stereocenters. The quantitative estimate of drug-likeness (QED) is 0.808. The fraction of sp³-hybridized carbons (Fsp3) is 0.412. The summed E-state index contributed by atoms with van der Waals surface area (Å²) in [5.74, 6) is 1.26. The maximum atomic E-state index is 13.0. The van der Waals surface area contributed by atoms with Crippen LogP contribution in [0, 0.1) is 17.2 Å². The number of carbonyl (C=O) groups excluding carboxylic acids is 1. The molecule has 1 fully saturated rings. The number of amides is 1. The van der Waals surface area contributed by atoms with E-state index in [9.17, 15) is 10.1 Å². The van der Waals surface area contributed by atoms with Crippen LogP contribution in [0.5, 0.6) is 0 Å². The van der Waals surface area contributed by atoms with Gasteiger partial charge in [0.05, 0.1) is 23.6 Å². The summed E-state index contributed by atoms with van der Waals surface area (Å²) >= 11 is 1.61. The van der Waals surface area contributed by atoms with Crippen molar-refractivity contribution < 1.29 is 9.21 Å². The summed E-state index contributed by atoms with van der Waals surface area (Å²) in [5, 5.41) is 13.3. The molecule has 0 radical (unpaired) electrons. The molecule has 0 saturated carbocycles. The van der Waals surface area contributed by atoms with Crippen molar-refractivity contribution in [2.45, 2.75) is 32.5 Å². The maximum Gasteiger partial charge on any atom is 0.248 e. The summed E-state index contributed by atoms with van der Waals surface area (Å²) in [4.78, 5) is 16.8. The molecular formula is C17H17N3O2S. The summed E-state index contributed by atoms with van der Waals surface area (Å²) < 4.78 is 5.69.